The van der Waals surface area contributed by atoms with Crippen LogP contribution in [0.4, 0.5) is 5.95 Å². The van der Waals surface area contributed by atoms with Crippen LogP contribution in [0.2, 0.25) is 5.02 Å². The average Bonchev–Trinajstić information content (AvgIpc) is 3.01. The number of carbonyl (C=O) groups is 1. The first-order valence-electron chi connectivity index (χ1n) is 7.34. The van der Waals surface area contributed by atoms with Gasteiger partial charge in [0.25, 0.3) is 5.91 Å². The summed E-state index contributed by atoms with van der Waals surface area (Å²) in [4.78, 5) is 21.9. The van der Waals surface area contributed by atoms with Gasteiger partial charge in [-0.3, -0.25) is 4.79 Å². The molecule has 2 aromatic heterocycles. The van der Waals surface area contributed by atoms with Gasteiger partial charge in [0.05, 0.1) is 32.8 Å². The summed E-state index contributed by atoms with van der Waals surface area (Å²) >= 11 is 9.49. The molecule has 3 aromatic rings. The first-order valence-corrected chi connectivity index (χ1v) is 9.50. The van der Waals surface area contributed by atoms with Crippen LogP contribution >= 0.6 is 45.8 Å². The van der Waals surface area contributed by atoms with Crippen LogP contribution in [0.15, 0.2) is 33.5 Å². The Kier molecular flexibility index (Phi) is 5.50. The highest BCUT2D eigenvalue weighted by Gasteiger charge is 2.20. The van der Waals surface area contributed by atoms with E-state index in [0.29, 0.717) is 32.7 Å². The van der Waals surface area contributed by atoms with Crippen LogP contribution in [-0.2, 0) is 0 Å². The van der Waals surface area contributed by atoms with Crippen molar-refractivity contribution in [2.75, 3.05) is 12.3 Å². The third kappa shape index (κ3) is 3.60. The van der Waals surface area contributed by atoms with Crippen molar-refractivity contribution in [1.82, 2.24) is 15.3 Å². The van der Waals surface area contributed by atoms with E-state index < -0.39 is 0 Å². The molecule has 0 fully saturated rings. The number of hydrogen-bond donors (Lipinski definition) is 2. The van der Waals surface area contributed by atoms with Crippen molar-refractivity contribution in [2.45, 2.75) is 6.92 Å². The highest BCUT2D eigenvalue weighted by Crippen LogP contribution is 2.30. The predicted molar refractivity (Wildman–Crippen MR) is 111 cm³/mol. The molecule has 3 rings (SSSR count). The number of aromatic nitrogens is 2. The number of thiophene rings is 1. The van der Waals surface area contributed by atoms with Crippen LogP contribution in [0.1, 0.15) is 27.9 Å². The second-order valence-corrected chi connectivity index (χ2v) is 6.95. The van der Waals surface area contributed by atoms with Crippen molar-refractivity contribution in [3.8, 4) is 0 Å². The number of rotatable bonds is 4. The molecule has 0 bridgehead atoms. The summed E-state index contributed by atoms with van der Waals surface area (Å²) in [6, 6.07) is 9.13. The number of amides is 1. The number of halogens is 2. The monoisotopic (exact) mass is 485 g/mol. The van der Waals surface area contributed by atoms with E-state index >= 15 is 0 Å². The van der Waals surface area contributed by atoms with Gasteiger partial charge in [-0.1, -0.05) is 29.8 Å². The molecule has 0 atom stereocenters. The van der Waals surface area contributed by atoms with E-state index in [2.05, 4.69) is 18.5 Å². The largest absolute Gasteiger partial charge is 0.368 e. The molecule has 0 saturated heterocycles. The van der Waals surface area contributed by atoms with Gasteiger partial charge in [0.15, 0.2) is 0 Å². The molecule has 0 spiro atoms. The fourth-order valence-electron chi connectivity index (χ4n) is 2.34. The maximum Gasteiger partial charge on any atom is 0.261 e. The number of nitrogen functional groups attached to an aromatic ring is 1. The van der Waals surface area contributed by atoms with Gasteiger partial charge >= 0.3 is 0 Å². The Morgan fingerprint density at radius 1 is 1.40 bits per heavy atom. The van der Waals surface area contributed by atoms with Gasteiger partial charge in [0.1, 0.15) is 16.2 Å². The standard InChI is InChI=1S/C16H13ClIN5OS/c1-2-20-14(24)11-7-9-12(21-16(19)22-15(9)25-11)13(23-18)8-5-3-4-6-10(8)17/h3-7H,2H2,1H3,(H,20,24)(H2,19,21,22)/b23-13-. The maximum atomic E-state index is 12.1. The SMILES string of the molecule is CCNC(=O)c1cc2c(/C(=N\I)c3ccccc3Cl)nc(N)nc2s1. The van der Waals surface area contributed by atoms with Gasteiger partial charge in [-0.2, -0.15) is 0 Å². The molecule has 0 unspecified atom stereocenters. The van der Waals surface area contributed by atoms with Crippen LogP contribution < -0.4 is 11.1 Å². The van der Waals surface area contributed by atoms with Crippen LogP contribution in [0.3, 0.4) is 0 Å². The summed E-state index contributed by atoms with van der Waals surface area (Å²) in [7, 11) is 0. The molecule has 3 N–H and O–H groups in total. The molecule has 0 aliphatic rings. The van der Waals surface area contributed by atoms with Crippen LogP contribution in [0.5, 0.6) is 0 Å². The molecule has 9 heteroatoms. The quantitative estimate of drug-likeness (QED) is 0.433. The molecular weight excluding hydrogens is 473 g/mol. The second kappa shape index (κ2) is 7.63. The minimum absolute atomic E-state index is 0.122. The van der Waals surface area contributed by atoms with Gasteiger partial charge in [-0.05, 0) is 19.1 Å². The minimum atomic E-state index is -0.152. The Bertz CT molecular complexity index is 988. The molecule has 128 valence electrons. The Labute approximate surface area is 167 Å². The summed E-state index contributed by atoms with van der Waals surface area (Å²) in [5, 5.41) is 4.06. The molecule has 2 heterocycles. The van der Waals surface area contributed by atoms with E-state index in [0.717, 1.165) is 10.9 Å². The molecule has 1 aromatic carbocycles. The topological polar surface area (TPSA) is 93.3 Å². The van der Waals surface area contributed by atoms with Crippen molar-refractivity contribution in [1.29, 1.82) is 0 Å². The van der Waals surface area contributed by atoms with E-state index in [1.54, 1.807) is 12.1 Å². The number of hydrogen-bond acceptors (Lipinski definition) is 6. The number of anilines is 1. The van der Waals surface area contributed by atoms with Crippen molar-refractivity contribution in [3.05, 3.63) is 51.5 Å². The lowest BCUT2D eigenvalue weighted by molar-refractivity contribution is 0.0960. The van der Waals surface area contributed by atoms with Gasteiger partial charge in [0, 0.05) is 17.5 Å². The van der Waals surface area contributed by atoms with Crippen molar-refractivity contribution < 1.29 is 4.79 Å². The Morgan fingerprint density at radius 3 is 2.84 bits per heavy atom. The summed E-state index contributed by atoms with van der Waals surface area (Å²) < 4.78 is 4.33. The van der Waals surface area contributed by atoms with E-state index in [9.17, 15) is 4.79 Å². The third-order valence-corrected chi connectivity index (χ3v) is 5.25. The number of nitrogens with two attached hydrogens (primary N) is 1. The molecule has 0 aliphatic carbocycles. The zero-order valence-corrected chi connectivity index (χ0v) is 16.8. The summed E-state index contributed by atoms with van der Waals surface area (Å²) in [5.41, 5.74) is 7.75. The van der Waals surface area contributed by atoms with E-state index in [4.69, 9.17) is 17.3 Å². The fourth-order valence-corrected chi connectivity index (χ4v) is 4.01. The number of nitrogens with one attached hydrogen (secondary N) is 1. The van der Waals surface area contributed by atoms with Crippen molar-refractivity contribution >= 4 is 73.6 Å². The Balaban J connectivity index is 2.21. The number of fused-ring (bicyclic) bond motifs is 1. The normalized spacial score (nSPS) is 11.7. The van der Waals surface area contributed by atoms with E-state index in [1.165, 1.54) is 11.3 Å². The van der Waals surface area contributed by atoms with E-state index in [1.807, 2.05) is 48.0 Å². The Morgan fingerprint density at radius 2 is 2.16 bits per heavy atom. The number of benzene rings is 1. The molecule has 0 aliphatic heterocycles. The van der Waals surface area contributed by atoms with Crippen LogP contribution in [-0.4, -0.2) is 28.1 Å². The third-order valence-electron chi connectivity index (χ3n) is 3.41. The summed E-state index contributed by atoms with van der Waals surface area (Å²) in [6.45, 7) is 2.42. The van der Waals surface area contributed by atoms with Crippen molar-refractivity contribution in [3.63, 3.8) is 0 Å². The molecular formula is C16H13ClIN5OS. The first kappa shape index (κ1) is 18.0. The minimum Gasteiger partial charge on any atom is -0.368 e. The lowest BCUT2D eigenvalue weighted by Crippen LogP contribution is -2.21. The fraction of sp³-hybridized carbons (Fsp3) is 0.125. The molecule has 0 saturated carbocycles. The van der Waals surface area contributed by atoms with Gasteiger partial charge in [0.2, 0.25) is 5.95 Å². The lowest BCUT2D eigenvalue weighted by atomic mass is 10.1. The zero-order chi connectivity index (χ0) is 18.0. The van der Waals surface area contributed by atoms with Gasteiger partial charge < -0.3 is 11.1 Å². The van der Waals surface area contributed by atoms with Crippen LogP contribution in [0.25, 0.3) is 10.2 Å². The van der Waals surface area contributed by atoms with Gasteiger partial charge in [-0.15, -0.1) is 11.3 Å². The highest BCUT2D eigenvalue weighted by atomic mass is 127. The molecule has 6 nitrogen and oxygen atoms in total. The Hall–Kier alpha value is -1.78. The maximum absolute atomic E-state index is 12.1. The number of carbonyl (C=O) groups excluding carboxylic acids is 1. The van der Waals surface area contributed by atoms with E-state index in [-0.39, 0.29) is 11.9 Å². The van der Waals surface area contributed by atoms with Crippen molar-refractivity contribution in [2.24, 2.45) is 3.21 Å². The first-order chi connectivity index (χ1) is 12.0. The summed E-state index contributed by atoms with van der Waals surface area (Å²) in [6.07, 6.45) is 0. The smallest absolute Gasteiger partial charge is 0.261 e. The average molecular weight is 486 g/mol. The van der Waals surface area contributed by atoms with Gasteiger partial charge in [-0.25, -0.2) is 13.2 Å². The molecule has 25 heavy (non-hydrogen) atoms. The zero-order valence-electron chi connectivity index (χ0n) is 13.1. The lowest BCUT2D eigenvalue weighted by Gasteiger charge is -2.08. The molecule has 0 radical (unpaired) electrons. The second-order valence-electron chi connectivity index (χ2n) is 5.03. The molecule has 1 amide bonds. The summed E-state index contributed by atoms with van der Waals surface area (Å²) in [5.74, 6) is -0.0304. The number of nitrogens with zero attached hydrogens (tertiary/aromatic N) is 3. The predicted octanol–water partition coefficient (Wildman–Crippen LogP) is 3.86. The van der Waals surface area contributed by atoms with Crippen LogP contribution in [0, 0.1) is 0 Å². The highest BCUT2D eigenvalue weighted by molar-refractivity contribution is 14.1.